The third-order valence-corrected chi connectivity index (χ3v) is 3.83. The first-order valence-electron chi connectivity index (χ1n) is 4.88. The monoisotopic (exact) mass is 221 g/mol. The second-order valence-corrected chi connectivity index (χ2v) is 6.50. The van der Waals surface area contributed by atoms with Crippen LogP contribution < -0.4 is 5.32 Å². The van der Waals surface area contributed by atoms with Crippen LogP contribution in [-0.4, -0.2) is 45.2 Å². The Hall–Kier alpha value is -0.130. The molecule has 1 saturated heterocycles. The molecule has 0 radical (unpaired) electrons. The number of ether oxygens (including phenoxy) is 1. The van der Waals surface area contributed by atoms with E-state index in [2.05, 4.69) is 12.2 Å². The lowest BCUT2D eigenvalue weighted by atomic mass is 9.95. The van der Waals surface area contributed by atoms with Gasteiger partial charge in [0.15, 0.2) is 0 Å². The zero-order valence-electron chi connectivity index (χ0n) is 9.04. The normalized spacial score (nSPS) is 33.5. The molecule has 84 valence electrons. The van der Waals surface area contributed by atoms with Gasteiger partial charge in [-0.25, -0.2) is 8.42 Å². The minimum Gasteiger partial charge on any atom is -0.377 e. The van der Waals surface area contributed by atoms with Gasteiger partial charge in [-0.2, -0.15) is 0 Å². The fraction of sp³-hybridized carbons (Fsp3) is 1.00. The molecule has 1 aliphatic heterocycles. The van der Waals surface area contributed by atoms with Gasteiger partial charge in [0.1, 0.15) is 9.84 Å². The van der Waals surface area contributed by atoms with Crippen molar-refractivity contribution in [1.29, 1.82) is 0 Å². The minimum absolute atomic E-state index is 0.0648. The fourth-order valence-corrected chi connectivity index (χ4v) is 2.06. The molecule has 1 aliphatic rings. The van der Waals surface area contributed by atoms with Crippen LogP contribution in [0.4, 0.5) is 0 Å². The van der Waals surface area contributed by atoms with Crippen LogP contribution in [0.2, 0.25) is 0 Å². The molecule has 0 aromatic heterocycles. The van der Waals surface area contributed by atoms with E-state index >= 15 is 0 Å². The highest BCUT2D eigenvalue weighted by molar-refractivity contribution is 7.90. The first-order valence-corrected chi connectivity index (χ1v) is 6.94. The van der Waals surface area contributed by atoms with E-state index in [0.29, 0.717) is 6.54 Å². The Morgan fingerprint density at radius 3 is 2.64 bits per heavy atom. The summed E-state index contributed by atoms with van der Waals surface area (Å²) in [6, 6.07) is 0. The maximum absolute atomic E-state index is 10.9. The molecule has 5 heteroatoms. The molecule has 0 aliphatic carbocycles. The summed E-state index contributed by atoms with van der Waals surface area (Å²) in [7, 11) is -2.86. The average molecular weight is 221 g/mol. The topological polar surface area (TPSA) is 55.4 Å². The molecule has 0 aromatic rings. The number of nitrogens with one attached hydrogen (secondary N) is 1. The molecule has 1 N–H and O–H groups in total. The summed E-state index contributed by atoms with van der Waals surface area (Å²) in [5, 5.41) is 3.26. The standard InChI is InChI=1S/C9H19NO3S/c1-8-9(2,4-6-13-8)10-5-7-14(3,11)12/h8,10H,4-7H2,1-3H3. The Kier molecular flexibility index (Phi) is 3.55. The molecule has 0 amide bonds. The highest BCUT2D eigenvalue weighted by Gasteiger charge is 2.36. The Morgan fingerprint density at radius 2 is 2.21 bits per heavy atom. The van der Waals surface area contributed by atoms with Crippen molar-refractivity contribution >= 4 is 9.84 Å². The van der Waals surface area contributed by atoms with Crippen LogP contribution in [0.25, 0.3) is 0 Å². The van der Waals surface area contributed by atoms with E-state index in [4.69, 9.17) is 4.74 Å². The Bertz CT molecular complexity index is 288. The summed E-state index contributed by atoms with van der Waals surface area (Å²) >= 11 is 0. The Balaban J connectivity index is 2.37. The Morgan fingerprint density at radius 1 is 1.57 bits per heavy atom. The van der Waals surface area contributed by atoms with Gasteiger partial charge in [-0.1, -0.05) is 0 Å². The van der Waals surface area contributed by atoms with Crippen LogP contribution in [0.15, 0.2) is 0 Å². The largest absolute Gasteiger partial charge is 0.377 e. The minimum atomic E-state index is -2.86. The lowest BCUT2D eigenvalue weighted by Gasteiger charge is -2.28. The van der Waals surface area contributed by atoms with Crippen LogP contribution in [0, 0.1) is 0 Å². The molecule has 0 spiro atoms. The van der Waals surface area contributed by atoms with Gasteiger partial charge in [0.2, 0.25) is 0 Å². The quantitative estimate of drug-likeness (QED) is 0.736. The molecule has 1 fully saturated rings. The van der Waals surface area contributed by atoms with Crippen LogP contribution in [0.1, 0.15) is 20.3 Å². The maximum Gasteiger partial charge on any atom is 0.148 e. The van der Waals surface area contributed by atoms with E-state index in [0.717, 1.165) is 13.0 Å². The Labute approximate surface area is 85.9 Å². The smallest absolute Gasteiger partial charge is 0.148 e. The van der Waals surface area contributed by atoms with Crippen molar-refractivity contribution in [3.8, 4) is 0 Å². The van der Waals surface area contributed by atoms with Crippen molar-refractivity contribution in [2.45, 2.75) is 31.9 Å². The predicted molar refractivity (Wildman–Crippen MR) is 56.1 cm³/mol. The van der Waals surface area contributed by atoms with Gasteiger partial charge in [-0.15, -0.1) is 0 Å². The van der Waals surface area contributed by atoms with E-state index in [9.17, 15) is 8.42 Å². The average Bonchev–Trinajstić information content (AvgIpc) is 2.30. The molecule has 2 unspecified atom stereocenters. The first-order chi connectivity index (χ1) is 6.33. The SMILES string of the molecule is CC1OCCC1(C)NCCS(C)(=O)=O. The zero-order valence-corrected chi connectivity index (χ0v) is 9.86. The van der Waals surface area contributed by atoms with Crippen molar-refractivity contribution in [3.63, 3.8) is 0 Å². The van der Waals surface area contributed by atoms with Gasteiger partial charge in [0.05, 0.1) is 11.9 Å². The number of hydrogen-bond donors (Lipinski definition) is 1. The number of sulfone groups is 1. The molecular weight excluding hydrogens is 202 g/mol. The number of rotatable bonds is 4. The third kappa shape index (κ3) is 3.22. The van der Waals surface area contributed by atoms with Crippen molar-refractivity contribution in [1.82, 2.24) is 5.32 Å². The summed E-state index contributed by atoms with van der Waals surface area (Å²) in [6.45, 7) is 5.35. The fourth-order valence-electron chi connectivity index (χ4n) is 1.59. The summed E-state index contributed by atoms with van der Waals surface area (Å²) in [5.41, 5.74) is -0.0648. The molecule has 14 heavy (non-hydrogen) atoms. The zero-order chi connectivity index (χ0) is 10.8. The second kappa shape index (κ2) is 4.16. The predicted octanol–water partition coefficient (Wildman–Crippen LogP) is 0.188. The molecule has 0 saturated carbocycles. The third-order valence-electron chi connectivity index (χ3n) is 2.89. The van der Waals surface area contributed by atoms with Crippen molar-refractivity contribution in [2.24, 2.45) is 0 Å². The van der Waals surface area contributed by atoms with E-state index in [1.165, 1.54) is 6.26 Å². The molecule has 1 heterocycles. The van der Waals surface area contributed by atoms with Crippen LogP contribution in [0.3, 0.4) is 0 Å². The first kappa shape index (κ1) is 11.9. The van der Waals surface area contributed by atoms with Crippen LogP contribution >= 0.6 is 0 Å². The van der Waals surface area contributed by atoms with Gasteiger partial charge in [0, 0.05) is 24.9 Å². The summed E-state index contributed by atoms with van der Waals surface area (Å²) in [5.74, 6) is 0.190. The second-order valence-electron chi connectivity index (χ2n) is 4.24. The van der Waals surface area contributed by atoms with Crippen molar-refractivity contribution in [2.75, 3.05) is 25.2 Å². The highest BCUT2D eigenvalue weighted by atomic mass is 32.2. The molecular formula is C9H19NO3S. The van der Waals surface area contributed by atoms with E-state index in [-0.39, 0.29) is 17.4 Å². The summed E-state index contributed by atoms with van der Waals surface area (Å²) in [4.78, 5) is 0. The van der Waals surface area contributed by atoms with E-state index in [1.807, 2.05) is 6.92 Å². The van der Waals surface area contributed by atoms with Gasteiger partial charge >= 0.3 is 0 Å². The maximum atomic E-state index is 10.9. The molecule has 4 nitrogen and oxygen atoms in total. The lowest BCUT2D eigenvalue weighted by molar-refractivity contribution is 0.0895. The van der Waals surface area contributed by atoms with Crippen LogP contribution in [-0.2, 0) is 14.6 Å². The van der Waals surface area contributed by atoms with E-state index in [1.54, 1.807) is 0 Å². The summed E-state index contributed by atoms with van der Waals surface area (Å²) < 4.78 is 27.3. The van der Waals surface area contributed by atoms with Gasteiger partial charge in [0.25, 0.3) is 0 Å². The lowest BCUT2D eigenvalue weighted by Crippen LogP contribution is -2.49. The highest BCUT2D eigenvalue weighted by Crippen LogP contribution is 2.24. The van der Waals surface area contributed by atoms with Gasteiger partial charge in [-0.3, -0.25) is 0 Å². The molecule has 1 rings (SSSR count). The van der Waals surface area contributed by atoms with Crippen LogP contribution in [0.5, 0.6) is 0 Å². The number of hydrogen-bond acceptors (Lipinski definition) is 4. The van der Waals surface area contributed by atoms with Crippen molar-refractivity contribution < 1.29 is 13.2 Å². The van der Waals surface area contributed by atoms with Gasteiger partial charge in [-0.05, 0) is 20.3 Å². The molecule has 0 bridgehead atoms. The summed E-state index contributed by atoms with van der Waals surface area (Å²) in [6.07, 6.45) is 2.35. The van der Waals surface area contributed by atoms with Gasteiger partial charge < -0.3 is 10.1 Å². The van der Waals surface area contributed by atoms with Crippen molar-refractivity contribution in [3.05, 3.63) is 0 Å². The van der Waals surface area contributed by atoms with E-state index < -0.39 is 9.84 Å². The molecule has 0 aromatic carbocycles. The molecule has 2 atom stereocenters.